The van der Waals surface area contributed by atoms with Crippen LogP contribution in [-0.4, -0.2) is 25.2 Å². The zero-order valence-electron chi connectivity index (χ0n) is 13.5. The number of aliphatic imine (C=N–C) groups is 1. The largest absolute Gasteiger partial charge is 0.494 e. The Bertz CT molecular complexity index is 451. The van der Waals surface area contributed by atoms with E-state index in [1.165, 1.54) is 19.3 Å². The monoisotopic (exact) mass is 289 g/mol. The smallest absolute Gasteiger partial charge is 0.216 e. The molecule has 0 amide bonds. The van der Waals surface area contributed by atoms with Gasteiger partial charge in [-0.1, -0.05) is 40.0 Å². The maximum absolute atomic E-state index is 5.75. The Balaban J connectivity index is 1.83. The van der Waals surface area contributed by atoms with Crippen LogP contribution in [0.4, 0.5) is 0 Å². The normalized spacial score (nSPS) is 17.7. The molecule has 0 radical (unpaired) electrons. The minimum Gasteiger partial charge on any atom is -0.494 e. The molecule has 3 heteroatoms. The minimum atomic E-state index is 0.287. The van der Waals surface area contributed by atoms with E-state index in [-0.39, 0.29) is 6.04 Å². The molecule has 0 N–H and O–H groups in total. The van der Waals surface area contributed by atoms with Crippen molar-refractivity contribution in [1.82, 2.24) is 0 Å². The SMILES string of the molecule is CCCCCCOc1ccc(C2=N[C@@H](C(C)C)CO2)cc1. The molecule has 1 atom stereocenters. The van der Waals surface area contributed by atoms with Crippen LogP contribution in [0.2, 0.25) is 0 Å². The first-order chi connectivity index (χ1) is 10.2. The highest BCUT2D eigenvalue weighted by molar-refractivity contribution is 5.95. The van der Waals surface area contributed by atoms with Crippen molar-refractivity contribution in [3.63, 3.8) is 0 Å². The van der Waals surface area contributed by atoms with Gasteiger partial charge in [0.2, 0.25) is 5.90 Å². The average molecular weight is 289 g/mol. The second-order valence-electron chi connectivity index (χ2n) is 5.99. The van der Waals surface area contributed by atoms with Gasteiger partial charge in [0.05, 0.1) is 12.6 Å². The minimum absolute atomic E-state index is 0.287. The van der Waals surface area contributed by atoms with Gasteiger partial charge in [0.25, 0.3) is 0 Å². The molecule has 0 bridgehead atoms. The van der Waals surface area contributed by atoms with Gasteiger partial charge in [-0.2, -0.15) is 0 Å². The highest BCUT2D eigenvalue weighted by Gasteiger charge is 2.22. The van der Waals surface area contributed by atoms with Crippen molar-refractivity contribution in [2.24, 2.45) is 10.9 Å². The van der Waals surface area contributed by atoms with Gasteiger partial charge >= 0.3 is 0 Å². The van der Waals surface area contributed by atoms with Crippen LogP contribution in [0.3, 0.4) is 0 Å². The molecular formula is C18H27NO2. The quantitative estimate of drug-likeness (QED) is 0.662. The molecule has 1 heterocycles. The van der Waals surface area contributed by atoms with E-state index in [1.54, 1.807) is 0 Å². The summed E-state index contributed by atoms with van der Waals surface area (Å²) < 4.78 is 11.4. The molecule has 0 unspecified atom stereocenters. The number of ether oxygens (including phenoxy) is 2. The second-order valence-corrected chi connectivity index (χ2v) is 5.99. The van der Waals surface area contributed by atoms with Crippen molar-refractivity contribution < 1.29 is 9.47 Å². The summed E-state index contributed by atoms with van der Waals surface area (Å²) in [4.78, 5) is 4.64. The van der Waals surface area contributed by atoms with Gasteiger partial charge < -0.3 is 9.47 Å². The fourth-order valence-electron chi connectivity index (χ4n) is 2.30. The lowest BCUT2D eigenvalue weighted by Crippen LogP contribution is -2.13. The Kier molecular flexibility index (Phi) is 6.09. The highest BCUT2D eigenvalue weighted by Crippen LogP contribution is 2.20. The van der Waals surface area contributed by atoms with Crippen LogP contribution in [-0.2, 0) is 4.74 Å². The van der Waals surface area contributed by atoms with Gasteiger partial charge in [0.1, 0.15) is 12.4 Å². The van der Waals surface area contributed by atoms with Gasteiger partial charge in [-0.15, -0.1) is 0 Å². The van der Waals surface area contributed by atoms with Gasteiger partial charge in [0, 0.05) is 5.56 Å². The molecule has 0 aromatic heterocycles. The van der Waals surface area contributed by atoms with Crippen LogP contribution in [0.25, 0.3) is 0 Å². The number of hydrogen-bond donors (Lipinski definition) is 0. The predicted octanol–water partition coefficient (Wildman–Crippen LogP) is 4.45. The molecule has 1 aromatic carbocycles. The Labute approximate surface area is 128 Å². The van der Waals surface area contributed by atoms with Crippen LogP contribution >= 0.6 is 0 Å². The standard InChI is InChI=1S/C18H27NO2/c1-4-5-6-7-12-20-16-10-8-15(9-11-16)18-19-17(13-21-18)14(2)3/h8-11,14,17H,4-7,12-13H2,1-3H3/t17-/m1/s1. The summed E-state index contributed by atoms with van der Waals surface area (Å²) in [6.45, 7) is 8.07. The topological polar surface area (TPSA) is 30.8 Å². The summed E-state index contributed by atoms with van der Waals surface area (Å²) in [6.07, 6.45) is 4.92. The van der Waals surface area contributed by atoms with Crippen LogP contribution in [0, 0.1) is 5.92 Å². The maximum Gasteiger partial charge on any atom is 0.216 e. The highest BCUT2D eigenvalue weighted by atomic mass is 16.5. The predicted molar refractivity (Wildman–Crippen MR) is 87.2 cm³/mol. The molecule has 1 aliphatic rings. The number of unbranched alkanes of at least 4 members (excludes halogenated alkanes) is 3. The van der Waals surface area contributed by atoms with E-state index in [1.807, 2.05) is 24.3 Å². The molecule has 1 aromatic rings. The zero-order chi connectivity index (χ0) is 15.1. The number of rotatable bonds is 8. The Morgan fingerprint density at radius 3 is 2.57 bits per heavy atom. The van der Waals surface area contributed by atoms with Crippen molar-refractivity contribution in [2.45, 2.75) is 52.5 Å². The molecular weight excluding hydrogens is 262 g/mol. The lowest BCUT2D eigenvalue weighted by atomic mass is 10.1. The van der Waals surface area contributed by atoms with Crippen molar-refractivity contribution >= 4 is 5.90 Å². The maximum atomic E-state index is 5.75. The van der Waals surface area contributed by atoms with E-state index in [2.05, 4.69) is 25.8 Å². The van der Waals surface area contributed by atoms with Gasteiger partial charge in [-0.05, 0) is 36.6 Å². The van der Waals surface area contributed by atoms with Crippen LogP contribution in [0.1, 0.15) is 52.0 Å². The van der Waals surface area contributed by atoms with Gasteiger partial charge in [-0.25, -0.2) is 4.99 Å². The lowest BCUT2D eigenvalue weighted by Gasteiger charge is -2.07. The first kappa shape index (κ1) is 15.9. The first-order valence-electron chi connectivity index (χ1n) is 8.14. The summed E-state index contributed by atoms with van der Waals surface area (Å²) in [6, 6.07) is 8.36. The van der Waals surface area contributed by atoms with Crippen molar-refractivity contribution in [3.8, 4) is 5.75 Å². The number of hydrogen-bond acceptors (Lipinski definition) is 3. The number of nitrogens with zero attached hydrogens (tertiary/aromatic N) is 1. The lowest BCUT2D eigenvalue weighted by molar-refractivity contribution is 0.291. The zero-order valence-corrected chi connectivity index (χ0v) is 13.5. The van der Waals surface area contributed by atoms with Gasteiger partial charge in [-0.3, -0.25) is 0 Å². The van der Waals surface area contributed by atoms with Crippen LogP contribution < -0.4 is 4.74 Å². The Morgan fingerprint density at radius 2 is 1.95 bits per heavy atom. The summed E-state index contributed by atoms with van der Waals surface area (Å²) in [5, 5.41) is 0. The van der Waals surface area contributed by atoms with E-state index >= 15 is 0 Å². The summed E-state index contributed by atoms with van der Waals surface area (Å²) in [7, 11) is 0. The van der Waals surface area contributed by atoms with Crippen LogP contribution in [0.15, 0.2) is 29.3 Å². The third-order valence-electron chi connectivity index (χ3n) is 3.81. The van der Waals surface area contributed by atoms with Crippen molar-refractivity contribution in [1.29, 1.82) is 0 Å². The van der Waals surface area contributed by atoms with Crippen molar-refractivity contribution in [3.05, 3.63) is 29.8 Å². The molecule has 0 fully saturated rings. The first-order valence-corrected chi connectivity index (χ1v) is 8.14. The summed E-state index contributed by atoms with van der Waals surface area (Å²) in [5.41, 5.74) is 1.04. The molecule has 116 valence electrons. The van der Waals surface area contributed by atoms with Crippen molar-refractivity contribution in [2.75, 3.05) is 13.2 Å². The molecule has 0 spiro atoms. The van der Waals surface area contributed by atoms with E-state index < -0.39 is 0 Å². The Hall–Kier alpha value is -1.51. The summed E-state index contributed by atoms with van der Waals surface area (Å²) in [5.74, 6) is 2.21. The molecule has 3 nitrogen and oxygen atoms in total. The third-order valence-corrected chi connectivity index (χ3v) is 3.81. The third kappa shape index (κ3) is 4.76. The fraction of sp³-hybridized carbons (Fsp3) is 0.611. The van der Waals surface area contributed by atoms with Gasteiger partial charge in [0.15, 0.2) is 0 Å². The van der Waals surface area contributed by atoms with E-state index in [0.29, 0.717) is 12.5 Å². The van der Waals surface area contributed by atoms with E-state index in [0.717, 1.165) is 30.2 Å². The molecule has 0 saturated heterocycles. The molecule has 0 aliphatic carbocycles. The molecule has 0 saturated carbocycles. The second kappa shape index (κ2) is 8.06. The van der Waals surface area contributed by atoms with E-state index in [9.17, 15) is 0 Å². The molecule has 1 aliphatic heterocycles. The van der Waals surface area contributed by atoms with E-state index in [4.69, 9.17) is 9.47 Å². The fourth-order valence-corrected chi connectivity index (χ4v) is 2.30. The Morgan fingerprint density at radius 1 is 1.19 bits per heavy atom. The molecule has 2 rings (SSSR count). The number of benzene rings is 1. The average Bonchev–Trinajstić information content (AvgIpc) is 2.98. The summed E-state index contributed by atoms with van der Waals surface area (Å²) >= 11 is 0. The molecule has 21 heavy (non-hydrogen) atoms. The van der Waals surface area contributed by atoms with Crippen LogP contribution in [0.5, 0.6) is 5.75 Å².